The highest BCUT2D eigenvalue weighted by molar-refractivity contribution is 7.87. The zero-order valence-corrected chi connectivity index (χ0v) is 23.2. The van der Waals surface area contributed by atoms with Gasteiger partial charge in [0.25, 0.3) is 0 Å². The van der Waals surface area contributed by atoms with E-state index in [1.807, 2.05) is 40.4 Å². The molecule has 1 heterocycles. The first-order valence-corrected chi connectivity index (χ1v) is 14.1. The van der Waals surface area contributed by atoms with E-state index in [-0.39, 0.29) is 17.5 Å². The van der Waals surface area contributed by atoms with Gasteiger partial charge in [0.15, 0.2) is 0 Å². The minimum absolute atomic E-state index is 0.186. The van der Waals surface area contributed by atoms with Gasteiger partial charge in [-0.15, -0.1) is 11.3 Å². The van der Waals surface area contributed by atoms with Gasteiger partial charge in [-0.2, -0.15) is 8.42 Å². The Bertz CT molecular complexity index is 1340. The summed E-state index contributed by atoms with van der Waals surface area (Å²) in [5.74, 6) is -0.401. The fraction of sp³-hybridized carbons (Fsp3) is 0.346. The highest BCUT2D eigenvalue weighted by atomic mass is 32.2. The standard InChI is InChI=1S/C26H32N4O6S2/c1-26(2,3)22-16-37-24(29-22)21(15-18-10-12-19(13-11-18)30-38(33,34)35)27-23(31)20(28-25(32)36-4)14-17-8-6-5-7-9-17/h5-13,16,20-21,30H,14-15H2,1-4H3,(H,27,31)(H,28,32)(H,33,34,35)/t20-,21-/m0/s1. The summed E-state index contributed by atoms with van der Waals surface area (Å²) in [5, 5.41) is 8.31. The number of nitrogens with one attached hydrogen (secondary N) is 3. The van der Waals surface area contributed by atoms with Crippen LogP contribution in [-0.2, 0) is 38.1 Å². The Morgan fingerprint density at radius 3 is 2.18 bits per heavy atom. The van der Waals surface area contributed by atoms with Crippen LogP contribution in [0, 0.1) is 0 Å². The van der Waals surface area contributed by atoms with Gasteiger partial charge in [-0.25, -0.2) is 9.78 Å². The maximum absolute atomic E-state index is 13.5. The summed E-state index contributed by atoms with van der Waals surface area (Å²) in [6.45, 7) is 6.16. The summed E-state index contributed by atoms with van der Waals surface area (Å²) in [5.41, 5.74) is 2.56. The number of thiazole rings is 1. The number of hydrogen-bond acceptors (Lipinski definition) is 7. The Morgan fingerprint density at radius 2 is 1.63 bits per heavy atom. The molecule has 0 saturated carbocycles. The third kappa shape index (κ3) is 8.82. The van der Waals surface area contributed by atoms with Crippen molar-refractivity contribution in [2.75, 3.05) is 11.8 Å². The van der Waals surface area contributed by atoms with Crippen LogP contribution in [0.3, 0.4) is 0 Å². The van der Waals surface area contributed by atoms with E-state index in [2.05, 4.69) is 31.4 Å². The molecule has 0 fully saturated rings. The van der Waals surface area contributed by atoms with Crippen LogP contribution >= 0.6 is 11.3 Å². The molecule has 0 aliphatic rings. The van der Waals surface area contributed by atoms with E-state index in [1.54, 1.807) is 12.1 Å². The molecule has 0 spiro atoms. The van der Waals surface area contributed by atoms with E-state index in [9.17, 15) is 18.0 Å². The van der Waals surface area contributed by atoms with E-state index in [0.717, 1.165) is 16.8 Å². The lowest BCUT2D eigenvalue weighted by Gasteiger charge is -2.23. The molecule has 0 aliphatic carbocycles. The first-order valence-electron chi connectivity index (χ1n) is 11.8. The average molecular weight is 561 g/mol. The lowest BCUT2D eigenvalue weighted by atomic mass is 9.93. The first-order chi connectivity index (χ1) is 17.8. The fourth-order valence-electron chi connectivity index (χ4n) is 3.62. The van der Waals surface area contributed by atoms with Crippen molar-refractivity contribution in [1.82, 2.24) is 15.6 Å². The average Bonchev–Trinajstić information content (AvgIpc) is 3.35. The van der Waals surface area contributed by atoms with Crippen molar-refractivity contribution in [1.29, 1.82) is 0 Å². The van der Waals surface area contributed by atoms with Gasteiger partial charge >= 0.3 is 16.4 Å². The van der Waals surface area contributed by atoms with Crippen LogP contribution in [0.2, 0.25) is 0 Å². The zero-order chi connectivity index (χ0) is 27.9. The molecule has 0 aliphatic heterocycles. The van der Waals surface area contributed by atoms with Crippen molar-refractivity contribution in [3.05, 3.63) is 81.8 Å². The number of alkyl carbamates (subject to hydrolysis) is 1. The largest absolute Gasteiger partial charge is 0.453 e. The molecule has 4 N–H and O–H groups in total. The molecule has 0 saturated heterocycles. The van der Waals surface area contributed by atoms with Crippen molar-refractivity contribution in [3.63, 3.8) is 0 Å². The molecule has 2 atom stereocenters. The summed E-state index contributed by atoms with van der Waals surface area (Å²) < 4.78 is 37.9. The molecule has 204 valence electrons. The van der Waals surface area contributed by atoms with Crippen molar-refractivity contribution >= 4 is 39.3 Å². The topological polar surface area (TPSA) is 147 Å². The molecular formula is C26H32N4O6S2. The SMILES string of the molecule is COC(=O)N[C@@H](Cc1ccccc1)C(=O)N[C@@H](Cc1ccc(NS(=O)(=O)O)cc1)c1nc(C(C)(C)C)cs1. The van der Waals surface area contributed by atoms with Gasteiger partial charge in [0.2, 0.25) is 5.91 Å². The van der Waals surface area contributed by atoms with E-state index in [4.69, 9.17) is 14.3 Å². The predicted molar refractivity (Wildman–Crippen MR) is 146 cm³/mol. The van der Waals surface area contributed by atoms with Crippen LogP contribution in [0.25, 0.3) is 0 Å². The third-order valence-corrected chi connectivity index (χ3v) is 7.07. The van der Waals surface area contributed by atoms with Gasteiger partial charge in [-0.3, -0.25) is 14.1 Å². The predicted octanol–water partition coefficient (Wildman–Crippen LogP) is 4.02. The van der Waals surface area contributed by atoms with E-state index in [0.29, 0.717) is 11.4 Å². The van der Waals surface area contributed by atoms with E-state index < -0.39 is 34.4 Å². The van der Waals surface area contributed by atoms with Crippen molar-refractivity contribution in [3.8, 4) is 0 Å². The first kappa shape index (κ1) is 29.1. The van der Waals surface area contributed by atoms with Crippen molar-refractivity contribution < 1.29 is 27.3 Å². The number of carbonyl (C=O) groups is 2. The molecule has 0 radical (unpaired) electrons. The summed E-state index contributed by atoms with van der Waals surface area (Å²) >= 11 is 1.43. The quantitative estimate of drug-likeness (QED) is 0.274. The zero-order valence-electron chi connectivity index (χ0n) is 21.6. The number of rotatable bonds is 10. The molecule has 10 nitrogen and oxygen atoms in total. The molecule has 1 aromatic heterocycles. The maximum atomic E-state index is 13.5. The number of methoxy groups -OCH3 is 1. The van der Waals surface area contributed by atoms with Gasteiger partial charge in [-0.1, -0.05) is 63.2 Å². The minimum atomic E-state index is -4.39. The Hall–Kier alpha value is -3.48. The Balaban J connectivity index is 1.87. The summed E-state index contributed by atoms with van der Waals surface area (Å²) in [6.07, 6.45) is -0.107. The molecule has 12 heteroatoms. The summed E-state index contributed by atoms with van der Waals surface area (Å²) in [4.78, 5) is 30.3. The molecule has 2 aromatic carbocycles. The second kappa shape index (κ2) is 12.4. The second-order valence-corrected chi connectivity index (χ2v) is 11.8. The number of aromatic nitrogens is 1. The van der Waals surface area contributed by atoms with Crippen molar-refractivity contribution in [2.24, 2.45) is 0 Å². The summed E-state index contributed by atoms with van der Waals surface area (Å²) in [6, 6.07) is 14.3. The minimum Gasteiger partial charge on any atom is -0.453 e. The number of amides is 2. The third-order valence-electron chi connectivity index (χ3n) is 5.62. The smallest absolute Gasteiger partial charge is 0.407 e. The van der Waals surface area contributed by atoms with Crippen LogP contribution in [0.4, 0.5) is 10.5 Å². The van der Waals surface area contributed by atoms with Gasteiger partial charge in [0, 0.05) is 17.2 Å². The lowest BCUT2D eigenvalue weighted by Crippen LogP contribution is -2.49. The van der Waals surface area contributed by atoms with Crippen LogP contribution < -0.4 is 15.4 Å². The monoisotopic (exact) mass is 560 g/mol. The molecule has 2 amide bonds. The highest BCUT2D eigenvalue weighted by Gasteiger charge is 2.27. The van der Waals surface area contributed by atoms with Crippen LogP contribution in [-0.4, -0.2) is 43.1 Å². The maximum Gasteiger partial charge on any atom is 0.407 e. The second-order valence-electron chi connectivity index (χ2n) is 9.74. The molecule has 0 unspecified atom stereocenters. The Labute approximate surface area is 226 Å². The van der Waals surface area contributed by atoms with E-state index >= 15 is 0 Å². The van der Waals surface area contributed by atoms with Crippen molar-refractivity contribution in [2.45, 2.75) is 51.1 Å². The molecule has 0 bridgehead atoms. The van der Waals surface area contributed by atoms with E-state index in [1.165, 1.54) is 30.6 Å². The van der Waals surface area contributed by atoms with Gasteiger partial charge in [-0.05, 0) is 29.7 Å². The number of anilines is 1. The molecular weight excluding hydrogens is 528 g/mol. The number of carbonyl (C=O) groups excluding carboxylic acids is 2. The number of nitrogens with zero attached hydrogens (tertiary/aromatic N) is 1. The van der Waals surface area contributed by atoms with Crippen LogP contribution in [0.1, 0.15) is 48.6 Å². The lowest BCUT2D eigenvalue weighted by molar-refractivity contribution is -0.123. The van der Waals surface area contributed by atoms with Crippen LogP contribution in [0.15, 0.2) is 60.0 Å². The Morgan fingerprint density at radius 1 is 1.00 bits per heavy atom. The summed E-state index contributed by atoms with van der Waals surface area (Å²) in [7, 11) is -3.16. The highest BCUT2D eigenvalue weighted by Crippen LogP contribution is 2.29. The number of hydrogen-bond donors (Lipinski definition) is 4. The number of ether oxygens (including phenoxy) is 1. The molecule has 3 aromatic rings. The fourth-order valence-corrected chi connectivity index (χ4v) is 5.15. The Kier molecular flexibility index (Phi) is 9.47. The molecule has 38 heavy (non-hydrogen) atoms. The molecule has 3 rings (SSSR count). The normalized spacial score (nSPS) is 13.3. The van der Waals surface area contributed by atoms with Gasteiger partial charge < -0.3 is 15.4 Å². The van der Waals surface area contributed by atoms with Crippen LogP contribution in [0.5, 0.6) is 0 Å². The van der Waals surface area contributed by atoms with Gasteiger partial charge in [0.05, 0.1) is 24.5 Å². The van der Waals surface area contributed by atoms with Gasteiger partial charge in [0.1, 0.15) is 11.0 Å². The number of benzene rings is 2.